The summed E-state index contributed by atoms with van der Waals surface area (Å²) < 4.78 is 1.86. The van der Waals surface area contributed by atoms with Crippen LogP contribution >= 0.6 is 22.9 Å². The molecule has 1 aromatic carbocycles. The fourth-order valence-electron chi connectivity index (χ4n) is 1.24. The Morgan fingerprint density at radius 1 is 1.31 bits per heavy atom. The number of hydrogen-bond donors (Lipinski definition) is 0. The molecule has 2 aromatic rings. The Labute approximate surface area is 113 Å². The zero-order valence-corrected chi connectivity index (χ0v) is 11.4. The molecule has 84 valence electrons. The van der Waals surface area contributed by atoms with Crippen molar-refractivity contribution >= 4 is 28.7 Å². The molecule has 1 aromatic heterocycles. The molecule has 5 heteroatoms. The van der Waals surface area contributed by atoms with E-state index in [2.05, 4.69) is 0 Å². The highest BCUT2D eigenvalue weighted by Crippen LogP contribution is 2.09. The molecule has 2 rings (SSSR count). The van der Waals surface area contributed by atoms with E-state index in [-0.39, 0.29) is 22.8 Å². The Balaban J connectivity index is 0.00000128. The van der Waals surface area contributed by atoms with Crippen LogP contribution in [-0.2, 0) is 6.54 Å². The normalized spacial score (nSPS) is 9.56. The van der Waals surface area contributed by atoms with E-state index in [4.69, 9.17) is 11.6 Å². The van der Waals surface area contributed by atoms with Crippen molar-refractivity contribution in [2.75, 3.05) is 0 Å². The molecule has 0 amide bonds. The maximum atomic E-state index is 11.8. The number of Topliss-reactive ketones (excluding diaryl/α,β-unsaturated/α-hetero) is 1. The van der Waals surface area contributed by atoms with E-state index in [1.807, 2.05) is 21.7 Å². The standard InChI is InChI=1S/C11H9ClNOS.BrH/c12-10-3-1-9(2-4-10)11(14)7-13-5-6-15-8-13;/h1-6,8H,7H2;1H/q+1;/p-1. The average Bonchev–Trinajstić information content (AvgIpc) is 2.71. The van der Waals surface area contributed by atoms with Crippen LogP contribution in [0.25, 0.3) is 0 Å². The summed E-state index contributed by atoms with van der Waals surface area (Å²) >= 11 is 7.31. The van der Waals surface area contributed by atoms with Gasteiger partial charge in [0.15, 0.2) is 6.20 Å². The number of aromatic nitrogens is 1. The van der Waals surface area contributed by atoms with E-state index in [0.29, 0.717) is 17.1 Å². The fourth-order valence-corrected chi connectivity index (χ4v) is 1.97. The summed E-state index contributed by atoms with van der Waals surface area (Å²) in [7, 11) is 0. The third-order valence-corrected chi connectivity index (χ3v) is 2.94. The molecule has 0 radical (unpaired) electrons. The number of hydrogen-bond acceptors (Lipinski definition) is 2. The van der Waals surface area contributed by atoms with Crippen LogP contribution in [0.3, 0.4) is 0 Å². The highest BCUT2D eigenvalue weighted by molar-refractivity contribution is 7.07. The molecular formula is C11H9BrClNOS. The third kappa shape index (κ3) is 3.40. The Morgan fingerprint density at radius 2 is 2.00 bits per heavy atom. The lowest BCUT2D eigenvalue weighted by Crippen LogP contribution is -3.00. The maximum absolute atomic E-state index is 11.8. The number of nitrogens with zero attached hydrogens (tertiary/aromatic N) is 1. The Bertz CT molecular complexity index is 455. The van der Waals surface area contributed by atoms with Crippen LogP contribution in [0.5, 0.6) is 0 Å². The minimum Gasteiger partial charge on any atom is -1.00 e. The molecule has 1 heterocycles. The smallest absolute Gasteiger partial charge is 0.227 e. The Morgan fingerprint density at radius 3 is 2.56 bits per heavy atom. The number of rotatable bonds is 3. The minimum absolute atomic E-state index is 0. The topological polar surface area (TPSA) is 20.9 Å². The van der Waals surface area contributed by atoms with E-state index in [9.17, 15) is 4.79 Å². The monoisotopic (exact) mass is 317 g/mol. The summed E-state index contributed by atoms with van der Waals surface area (Å²) in [6.45, 7) is 0.380. The number of benzene rings is 1. The molecule has 0 saturated carbocycles. The molecule has 0 saturated heterocycles. The number of carbonyl (C=O) groups excluding carboxylic acids is 1. The van der Waals surface area contributed by atoms with Gasteiger partial charge in [0.1, 0.15) is 0 Å². The summed E-state index contributed by atoms with van der Waals surface area (Å²) in [6.07, 6.45) is 1.89. The van der Waals surface area contributed by atoms with Crippen LogP contribution < -0.4 is 21.5 Å². The van der Waals surface area contributed by atoms with Crippen molar-refractivity contribution in [2.45, 2.75) is 6.54 Å². The van der Waals surface area contributed by atoms with Crippen LogP contribution in [0.4, 0.5) is 0 Å². The molecule has 2 nitrogen and oxygen atoms in total. The van der Waals surface area contributed by atoms with Crippen LogP contribution in [0.2, 0.25) is 5.02 Å². The van der Waals surface area contributed by atoms with E-state index in [0.717, 1.165) is 0 Å². The summed E-state index contributed by atoms with van der Waals surface area (Å²) in [5, 5.41) is 2.59. The molecule has 0 bridgehead atoms. The van der Waals surface area contributed by atoms with Gasteiger partial charge >= 0.3 is 0 Å². The summed E-state index contributed by atoms with van der Waals surface area (Å²) in [5.74, 6) is 0.0927. The quantitative estimate of drug-likeness (QED) is 0.556. The van der Waals surface area contributed by atoms with Gasteiger partial charge < -0.3 is 17.0 Å². The van der Waals surface area contributed by atoms with Gasteiger partial charge in [0.25, 0.3) is 0 Å². The molecular weight excluding hydrogens is 310 g/mol. The molecule has 0 atom stereocenters. The first-order valence-electron chi connectivity index (χ1n) is 4.46. The van der Waals surface area contributed by atoms with Crippen molar-refractivity contribution in [1.82, 2.24) is 0 Å². The molecule has 0 N–H and O–H groups in total. The SMILES string of the molecule is O=C(C[n+]1ccsc1)c1ccc(Cl)cc1.[Br-]. The van der Waals surface area contributed by atoms with Gasteiger partial charge in [0, 0.05) is 10.6 Å². The van der Waals surface area contributed by atoms with Crippen LogP contribution in [0, 0.1) is 0 Å². The van der Waals surface area contributed by atoms with Crippen LogP contribution in [-0.4, -0.2) is 5.78 Å². The molecule has 0 aliphatic heterocycles. The summed E-state index contributed by atoms with van der Waals surface area (Å²) in [4.78, 5) is 11.8. The van der Waals surface area contributed by atoms with Gasteiger partial charge in [-0.1, -0.05) is 22.9 Å². The van der Waals surface area contributed by atoms with Crippen LogP contribution in [0.15, 0.2) is 41.4 Å². The Hall–Kier alpha value is -0.710. The predicted molar refractivity (Wildman–Crippen MR) is 60.3 cm³/mol. The number of halogens is 2. The van der Waals surface area contributed by atoms with E-state index in [1.165, 1.54) is 0 Å². The zero-order chi connectivity index (χ0) is 10.7. The van der Waals surface area contributed by atoms with E-state index < -0.39 is 0 Å². The predicted octanol–water partition coefficient (Wildman–Crippen LogP) is -0.424. The number of thiazole rings is 1. The second-order valence-electron chi connectivity index (χ2n) is 3.13. The van der Waals surface area contributed by atoms with Gasteiger partial charge in [0.2, 0.25) is 17.8 Å². The maximum Gasteiger partial charge on any atom is 0.227 e. The van der Waals surface area contributed by atoms with Crippen molar-refractivity contribution in [3.05, 3.63) is 51.9 Å². The van der Waals surface area contributed by atoms with Gasteiger partial charge in [-0.2, -0.15) is 4.57 Å². The lowest BCUT2D eigenvalue weighted by molar-refractivity contribution is -0.678. The fraction of sp³-hybridized carbons (Fsp3) is 0.0909. The summed E-state index contributed by atoms with van der Waals surface area (Å²) in [6, 6.07) is 6.95. The molecule has 0 aliphatic rings. The first kappa shape index (κ1) is 13.4. The zero-order valence-electron chi connectivity index (χ0n) is 8.27. The number of carbonyl (C=O) groups is 1. The van der Waals surface area contributed by atoms with Gasteiger partial charge in [-0.15, -0.1) is 0 Å². The molecule has 0 aliphatic carbocycles. The lowest BCUT2D eigenvalue weighted by Gasteiger charge is -1.96. The van der Waals surface area contributed by atoms with Crippen molar-refractivity contribution in [2.24, 2.45) is 0 Å². The van der Waals surface area contributed by atoms with Gasteiger partial charge in [-0.3, -0.25) is 4.79 Å². The highest BCUT2D eigenvalue weighted by atomic mass is 79.9. The van der Waals surface area contributed by atoms with Gasteiger partial charge in [-0.05, 0) is 24.3 Å². The van der Waals surface area contributed by atoms with E-state index in [1.54, 1.807) is 35.6 Å². The third-order valence-electron chi connectivity index (χ3n) is 2.02. The minimum atomic E-state index is 0. The second-order valence-corrected chi connectivity index (χ2v) is 4.32. The number of ketones is 1. The van der Waals surface area contributed by atoms with Gasteiger partial charge in [-0.25, -0.2) is 0 Å². The first-order chi connectivity index (χ1) is 7.25. The first-order valence-corrected chi connectivity index (χ1v) is 5.78. The van der Waals surface area contributed by atoms with Crippen molar-refractivity contribution in [3.63, 3.8) is 0 Å². The van der Waals surface area contributed by atoms with Crippen molar-refractivity contribution < 1.29 is 26.3 Å². The Kier molecular flexibility index (Phi) is 5.12. The van der Waals surface area contributed by atoms with Crippen molar-refractivity contribution in [1.29, 1.82) is 0 Å². The molecule has 0 fully saturated rings. The molecule has 0 spiro atoms. The van der Waals surface area contributed by atoms with Crippen molar-refractivity contribution in [3.8, 4) is 0 Å². The van der Waals surface area contributed by atoms with Gasteiger partial charge in [0.05, 0.1) is 5.38 Å². The lowest BCUT2D eigenvalue weighted by atomic mass is 10.1. The second kappa shape index (κ2) is 6.13. The average molecular weight is 319 g/mol. The molecule has 16 heavy (non-hydrogen) atoms. The summed E-state index contributed by atoms with van der Waals surface area (Å²) in [5.41, 5.74) is 2.60. The highest BCUT2D eigenvalue weighted by Gasteiger charge is 2.11. The van der Waals surface area contributed by atoms with Crippen LogP contribution in [0.1, 0.15) is 10.4 Å². The molecule has 0 unspecified atom stereocenters. The largest absolute Gasteiger partial charge is 1.00 e. The van der Waals surface area contributed by atoms with E-state index >= 15 is 0 Å².